The van der Waals surface area contributed by atoms with E-state index in [-0.39, 0.29) is 29.3 Å². The largest absolute Gasteiger partial charge is 0.478 e. The van der Waals surface area contributed by atoms with Crippen LogP contribution in [0.2, 0.25) is 0 Å². The summed E-state index contributed by atoms with van der Waals surface area (Å²) in [5, 5.41) is 11.7. The SMILES string of the molecule is Cc1c(F)ccc(C(=O)O)c1NC(=O)OCC1c2ccccc2-c2ccccc21. The second-order valence-electron chi connectivity index (χ2n) is 6.85. The monoisotopic (exact) mass is 391 g/mol. The van der Waals surface area contributed by atoms with E-state index in [0.717, 1.165) is 34.4 Å². The van der Waals surface area contributed by atoms with Crippen LogP contribution in [0.4, 0.5) is 14.9 Å². The number of benzene rings is 3. The van der Waals surface area contributed by atoms with Crippen molar-refractivity contribution in [2.75, 3.05) is 11.9 Å². The molecule has 0 spiro atoms. The molecule has 29 heavy (non-hydrogen) atoms. The van der Waals surface area contributed by atoms with Crippen molar-refractivity contribution in [1.29, 1.82) is 0 Å². The van der Waals surface area contributed by atoms with E-state index in [0.29, 0.717) is 0 Å². The van der Waals surface area contributed by atoms with Crippen LogP contribution in [-0.2, 0) is 4.74 Å². The fraction of sp³-hybridized carbons (Fsp3) is 0.130. The predicted octanol–water partition coefficient (Wildman–Crippen LogP) is 5.19. The molecule has 6 heteroatoms. The number of anilines is 1. The first-order valence-electron chi connectivity index (χ1n) is 9.11. The van der Waals surface area contributed by atoms with E-state index in [1.54, 1.807) is 0 Å². The number of carboxylic acid groups (broad SMARTS) is 1. The number of carboxylic acids is 1. The lowest BCUT2D eigenvalue weighted by Crippen LogP contribution is -2.20. The van der Waals surface area contributed by atoms with Gasteiger partial charge < -0.3 is 9.84 Å². The van der Waals surface area contributed by atoms with E-state index in [2.05, 4.69) is 5.32 Å². The lowest BCUT2D eigenvalue weighted by molar-refractivity contribution is 0.0698. The van der Waals surface area contributed by atoms with Gasteiger partial charge in [0.15, 0.2) is 0 Å². The number of rotatable bonds is 4. The maximum atomic E-state index is 13.9. The molecule has 1 amide bonds. The van der Waals surface area contributed by atoms with Gasteiger partial charge >= 0.3 is 12.1 Å². The first-order chi connectivity index (χ1) is 14.0. The fourth-order valence-electron chi connectivity index (χ4n) is 3.76. The first kappa shape index (κ1) is 18.7. The van der Waals surface area contributed by atoms with Crippen molar-refractivity contribution >= 4 is 17.7 Å². The molecule has 4 rings (SSSR count). The van der Waals surface area contributed by atoms with E-state index < -0.39 is 17.9 Å². The van der Waals surface area contributed by atoms with Crippen LogP contribution < -0.4 is 5.32 Å². The van der Waals surface area contributed by atoms with Gasteiger partial charge in [-0.2, -0.15) is 0 Å². The van der Waals surface area contributed by atoms with Crippen LogP contribution >= 0.6 is 0 Å². The number of ether oxygens (including phenoxy) is 1. The van der Waals surface area contributed by atoms with Crippen LogP contribution in [0.1, 0.15) is 33.0 Å². The highest BCUT2D eigenvalue weighted by atomic mass is 19.1. The van der Waals surface area contributed by atoms with Crippen molar-refractivity contribution in [1.82, 2.24) is 0 Å². The number of hydrogen-bond acceptors (Lipinski definition) is 3. The van der Waals surface area contributed by atoms with Crippen molar-refractivity contribution in [2.24, 2.45) is 0 Å². The van der Waals surface area contributed by atoms with Crippen molar-refractivity contribution < 1.29 is 23.8 Å². The highest BCUT2D eigenvalue weighted by molar-refractivity contribution is 5.99. The average Bonchev–Trinajstić information content (AvgIpc) is 3.03. The zero-order valence-electron chi connectivity index (χ0n) is 15.6. The summed E-state index contributed by atoms with van der Waals surface area (Å²) in [6, 6.07) is 18.0. The van der Waals surface area contributed by atoms with Crippen molar-refractivity contribution in [3.8, 4) is 11.1 Å². The number of nitrogens with one attached hydrogen (secondary N) is 1. The second kappa shape index (κ2) is 7.39. The molecule has 146 valence electrons. The highest BCUT2D eigenvalue weighted by Crippen LogP contribution is 2.44. The van der Waals surface area contributed by atoms with Gasteiger partial charge in [-0.3, -0.25) is 5.32 Å². The summed E-state index contributed by atoms with van der Waals surface area (Å²) in [6.45, 7) is 1.48. The molecule has 1 aliphatic rings. The Morgan fingerprint density at radius 1 is 1.00 bits per heavy atom. The minimum Gasteiger partial charge on any atom is -0.478 e. The molecule has 0 saturated heterocycles. The molecule has 5 nitrogen and oxygen atoms in total. The Hall–Kier alpha value is -3.67. The first-order valence-corrected chi connectivity index (χ1v) is 9.11. The Balaban J connectivity index is 1.55. The molecule has 0 atom stereocenters. The molecule has 2 N–H and O–H groups in total. The van der Waals surface area contributed by atoms with Crippen molar-refractivity contribution in [3.63, 3.8) is 0 Å². The third-order valence-electron chi connectivity index (χ3n) is 5.20. The minimum atomic E-state index is -1.26. The van der Waals surface area contributed by atoms with Gasteiger partial charge in [0, 0.05) is 11.5 Å². The van der Waals surface area contributed by atoms with Crippen LogP contribution in [0.3, 0.4) is 0 Å². The lowest BCUT2D eigenvalue weighted by Gasteiger charge is -2.16. The van der Waals surface area contributed by atoms with Gasteiger partial charge in [0.1, 0.15) is 12.4 Å². The smallest absolute Gasteiger partial charge is 0.411 e. The maximum Gasteiger partial charge on any atom is 0.411 e. The molecule has 0 saturated carbocycles. The van der Waals surface area contributed by atoms with E-state index in [1.807, 2.05) is 48.5 Å². The Morgan fingerprint density at radius 3 is 2.17 bits per heavy atom. The third-order valence-corrected chi connectivity index (χ3v) is 5.20. The molecule has 0 unspecified atom stereocenters. The molecular weight excluding hydrogens is 373 g/mol. The van der Waals surface area contributed by atoms with Crippen molar-refractivity contribution in [2.45, 2.75) is 12.8 Å². The maximum absolute atomic E-state index is 13.9. The Labute approximate surface area is 166 Å². The van der Waals surface area contributed by atoms with Gasteiger partial charge in [-0.05, 0) is 41.3 Å². The zero-order valence-corrected chi connectivity index (χ0v) is 15.6. The van der Waals surface area contributed by atoms with Crippen LogP contribution in [0.25, 0.3) is 11.1 Å². The summed E-state index contributed by atoms with van der Waals surface area (Å²) < 4.78 is 19.3. The summed E-state index contributed by atoms with van der Waals surface area (Å²) in [6.07, 6.45) is -0.830. The number of aromatic carboxylic acids is 1. The summed E-state index contributed by atoms with van der Waals surface area (Å²) in [4.78, 5) is 23.8. The fourth-order valence-corrected chi connectivity index (χ4v) is 3.76. The average molecular weight is 391 g/mol. The predicted molar refractivity (Wildman–Crippen MR) is 107 cm³/mol. The van der Waals surface area contributed by atoms with E-state index in [1.165, 1.54) is 6.92 Å². The lowest BCUT2D eigenvalue weighted by atomic mass is 9.98. The van der Waals surface area contributed by atoms with Crippen LogP contribution in [0.5, 0.6) is 0 Å². The molecule has 1 aliphatic carbocycles. The number of carbonyl (C=O) groups is 2. The molecule has 0 radical (unpaired) electrons. The quantitative estimate of drug-likeness (QED) is 0.641. The van der Waals surface area contributed by atoms with Crippen LogP contribution in [0, 0.1) is 12.7 Å². The number of hydrogen-bond donors (Lipinski definition) is 2. The van der Waals surface area contributed by atoms with E-state index in [4.69, 9.17) is 4.74 Å². The Kier molecular flexibility index (Phi) is 4.76. The Morgan fingerprint density at radius 2 is 1.59 bits per heavy atom. The van der Waals surface area contributed by atoms with Crippen LogP contribution in [0.15, 0.2) is 60.7 Å². The molecule has 0 fully saturated rings. The molecule has 0 aromatic heterocycles. The third kappa shape index (κ3) is 3.33. The van der Waals surface area contributed by atoms with E-state index in [9.17, 15) is 19.1 Å². The van der Waals surface area contributed by atoms with Gasteiger partial charge in [-0.25, -0.2) is 14.0 Å². The summed E-state index contributed by atoms with van der Waals surface area (Å²) >= 11 is 0. The van der Waals surface area contributed by atoms with Gasteiger partial charge in [0.2, 0.25) is 0 Å². The summed E-state index contributed by atoms with van der Waals surface area (Å²) in [7, 11) is 0. The molecule has 0 bridgehead atoms. The highest BCUT2D eigenvalue weighted by Gasteiger charge is 2.29. The second-order valence-corrected chi connectivity index (χ2v) is 6.85. The van der Waals surface area contributed by atoms with Gasteiger partial charge in [-0.1, -0.05) is 48.5 Å². The number of halogens is 1. The molecule has 0 aliphatic heterocycles. The zero-order chi connectivity index (χ0) is 20.5. The summed E-state index contributed by atoms with van der Waals surface area (Å²) in [5.74, 6) is -1.99. The Bertz CT molecular complexity index is 1080. The molecular formula is C23H18FNO4. The summed E-state index contributed by atoms with van der Waals surface area (Å²) in [5.41, 5.74) is 4.08. The van der Waals surface area contributed by atoms with Gasteiger partial charge in [0.05, 0.1) is 11.3 Å². The number of fused-ring (bicyclic) bond motifs is 3. The normalized spacial score (nSPS) is 12.2. The standard InChI is InChI=1S/C23H18FNO4/c1-13-20(24)11-10-18(22(26)27)21(13)25-23(28)29-12-19-16-8-4-2-6-14(16)15-7-3-5-9-17(15)19/h2-11,19H,12H2,1H3,(H,25,28)(H,26,27). The number of carbonyl (C=O) groups excluding carboxylic acids is 1. The number of amides is 1. The van der Waals surface area contributed by atoms with Crippen molar-refractivity contribution in [3.05, 3.63) is 88.7 Å². The molecule has 3 aromatic carbocycles. The van der Waals surface area contributed by atoms with Crippen LogP contribution in [-0.4, -0.2) is 23.8 Å². The molecule has 3 aromatic rings. The van der Waals surface area contributed by atoms with Gasteiger partial charge in [0.25, 0.3) is 0 Å². The molecule has 0 heterocycles. The van der Waals surface area contributed by atoms with Gasteiger partial charge in [-0.15, -0.1) is 0 Å². The van der Waals surface area contributed by atoms with E-state index >= 15 is 0 Å². The topological polar surface area (TPSA) is 75.6 Å². The minimum absolute atomic E-state index is 0.0402.